The SMILES string of the molecule is COc1ccc(C2C3C=CC(C3)C2CC(=O)O)cc1. The van der Waals surface area contributed by atoms with Crippen LogP contribution in [0.1, 0.15) is 24.3 Å². The van der Waals surface area contributed by atoms with Crippen molar-refractivity contribution in [3.63, 3.8) is 0 Å². The summed E-state index contributed by atoms with van der Waals surface area (Å²) in [7, 11) is 1.66. The van der Waals surface area contributed by atoms with Crippen LogP contribution >= 0.6 is 0 Å². The predicted molar refractivity (Wildman–Crippen MR) is 72.2 cm³/mol. The third-order valence-corrected chi connectivity index (χ3v) is 4.53. The summed E-state index contributed by atoms with van der Waals surface area (Å²) < 4.78 is 5.18. The molecule has 1 saturated carbocycles. The van der Waals surface area contributed by atoms with E-state index in [0.717, 1.165) is 12.2 Å². The van der Waals surface area contributed by atoms with Crippen LogP contribution in [0.15, 0.2) is 36.4 Å². The van der Waals surface area contributed by atoms with Crippen LogP contribution < -0.4 is 4.74 Å². The molecule has 0 radical (unpaired) electrons. The largest absolute Gasteiger partial charge is 0.497 e. The highest BCUT2D eigenvalue weighted by Crippen LogP contribution is 2.54. The Balaban J connectivity index is 1.88. The standard InChI is InChI=1S/C16H18O3/c1-19-13-6-4-10(5-7-13)16-12-3-2-11(8-12)14(16)9-15(17)18/h2-7,11-12,14,16H,8-9H2,1H3,(H,17,18). The maximum absolute atomic E-state index is 11.1. The maximum atomic E-state index is 11.1. The predicted octanol–water partition coefficient (Wildman–Crippen LogP) is 3.08. The Hall–Kier alpha value is -1.77. The molecule has 1 N–H and O–H groups in total. The van der Waals surface area contributed by atoms with Crippen molar-refractivity contribution in [3.8, 4) is 5.75 Å². The van der Waals surface area contributed by atoms with E-state index < -0.39 is 5.97 Å². The van der Waals surface area contributed by atoms with Gasteiger partial charge in [0.05, 0.1) is 7.11 Å². The lowest BCUT2D eigenvalue weighted by Crippen LogP contribution is -2.20. The first-order valence-corrected chi connectivity index (χ1v) is 6.73. The fraction of sp³-hybridized carbons (Fsp3) is 0.438. The van der Waals surface area contributed by atoms with Crippen molar-refractivity contribution in [1.82, 2.24) is 0 Å². The van der Waals surface area contributed by atoms with Gasteiger partial charge in [-0.3, -0.25) is 4.79 Å². The summed E-state index contributed by atoms with van der Waals surface area (Å²) in [6.45, 7) is 0. The minimum atomic E-state index is -0.690. The fourth-order valence-corrected chi connectivity index (χ4v) is 3.72. The van der Waals surface area contributed by atoms with E-state index in [0.29, 0.717) is 17.8 Å². The quantitative estimate of drug-likeness (QED) is 0.844. The zero-order chi connectivity index (χ0) is 13.4. The van der Waals surface area contributed by atoms with Gasteiger partial charge >= 0.3 is 5.97 Å². The van der Waals surface area contributed by atoms with Crippen LogP contribution in [-0.4, -0.2) is 18.2 Å². The molecule has 100 valence electrons. The van der Waals surface area contributed by atoms with Crippen LogP contribution in [0.5, 0.6) is 5.75 Å². The first kappa shape index (κ1) is 12.3. The minimum Gasteiger partial charge on any atom is -0.497 e. The van der Waals surface area contributed by atoms with Crippen molar-refractivity contribution in [2.45, 2.75) is 18.8 Å². The second kappa shape index (κ2) is 4.72. The smallest absolute Gasteiger partial charge is 0.303 e. The summed E-state index contributed by atoms with van der Waals surface area (Å²) in [5, 5.41) is 9.10. The van der Waals surface area contributed by atoms with Crippen molar-refractivity contribution in [2.75, 3.05) is 7.11 Å². The molecule has 0 heterocycles. The summed E-state index contributed by atoms with van der Waals surface area (Å²) in [6.07, 6.45) is 5.84. The molecule has 1 fully saturated rings. The number of hydrogen-bond donors (Lipinski definition) is 1. The van der Waals surface area contributed by atoms with Gasteiger partial charge in [0.1, 0.15) is 5.75 Å². The van der Waals surface area contributed by atoms with Crippen molar-refractivity contribution in [1.29, 1.82) is 0 Å². The first-order chi connectivity index (χ1) is 9.19. The van der Waals surface area contributed by atoms with Crippen LogP contribution in [-0.2, 0) is 4.79 Å². The number of ether oxygens (including phenoxy) is 1. The second-order valence-corrected chi connectivity index (χ2v) is 5.51. The average Bonchev–Trinajstić information content (AvgIpc) is 2.99. The number of allylic oxidation sites excluding steroid dienone is 2. The fourth-order valence-electron chi connectivity index (χ4n) is 3.72. The summed E-state index contributed by atoms with van der Waals surface area (Å²) in [4.78, 5) is 11.1. The highest BCUT2D eigenvalue weighted by Gasteiger charge is 2.45. The summed E-state index contributed by atoms with van der Waals surface area (Å²) in [6, 6.07) is 8.07. The van der Waals surface area contributed by atoms with Crippen LogP contribution in [0.3, 0.4) is 0 Å². The Labute approximate surface area is 112 Å². The molecule has 3 heteroatoms. The number of hydrogen-bond acceptors (Lipinski definition) is 2. The molecule has 3 rings (SSSR count). The molecule has 4 atom stereocenters. The lowest BCUT2D eigenvalue weighted by atomic mass is 9.77. The van der Waals surface area contributed by atoms with Gasteiger partial charge in [-0.1, -0.05) is 24.3 Å². The van der Waals surface area contributed by atoms with Gasteiger partial charge in [0.2, 0.25) is 0 Å². The zero-order valence-corrected chi connectivity index (χ0v) is 11.0. The van der Waals surface area contributed by atoms with E-state index in [-0.39, 0.29) is 12.3 Å². The highest BCUT2D eigenvalue weighted by molar-refractivity contribution is 5.67. The van der Waals surface area contributed by atoms with Gasteiger partial charge in [0.25, 0.3) is 0 Å². The summed E-state index contributed by atoms with van der Waals surface area (Å²) >= 11 is 0. The van der Waals surface area contributed by atoms with Gasteiger partial charge in [0.15, 0.2) is 0 Å². The lowest BCUT2D eigenvalue weighted by Gasteiger charge is -2.27. The maximum Gasteiger partial charge on any atom is 0.303 e. The van der Waals surface area contributed by atoms with Gasteiger partial charge in [0, 0.05) is 6.42 Å². The summed E-state index contributed by atoms with van der Waals surface area (Å²) in [5.74, 6) is 1.68. The van der Waals surface area contributed by atoms with Gasteiger partial charge in [-0.25, -0.2) is 0 Å². The number of methoxy groups -OCH3 is 1. The van der Waals surface area contributed by atoms with E-state index in [1.165, 1.54) is 5.56 Å². The normalized spacial score (nSPS) is 31.6. The van der Waals surface area contributed by atoms with Gasteiger partial charge in [-0.05, 0) is 47.8 Å². The molecule has 4 unspecified atom stereocenters. The molecular weight excluding hydrogens is 240 g/mol. The Morgan fingerprint density at radius 2 is 1.95 bits per heavy atom. The topological polar surface area (TPSA) is 46.5 Å². The lowest BCUT2D eigenvalue weighted by molar-refractivity contribution is -0.138. The molecule has 1 aromatic carbocycles. The van der Waals surface area contributed by atoms with E-state index in [1.54, 1.807) is 7.11 Å². The molecule has 0 amide bonds. The number of carbonyl (C=O) groups is 1. The van der Waals surface area contributed by atoms with Crippen molar-refractivity contribution in [2.24, 2.45) is 17.8 Å². The van der Waals surface area contributed by atoms with E-state index >= 15 is 0 Å². The third-order valence-electron chi connectivity index (χ3n) is 4.53. The molecule has 3 nitrogen and oxygen atoms in total. The molecule has 0 spiro atoms. The van der Waals surface area contributed by atoms with E-state index in [9.17, 15) is 4.79 Å². The summed E-state index contributed by atoms with van der Waals surface area (Å²) in [5.41, 5.74) is 1.24. The second-order valence-electron chi connectivity index (χ2n) is 5.51. The zero-order valence-electron chi connectivity index (χ0n) is 11.0. The number of carboxylic acids is 1. The number of rotatable bonds is 4. The van der Waals surface area contributed by atoms with E-state index in [2.05, 4.69) is 24.3 Å². The monoisotopic (exact) mass is 258 g/mol. The molecule has 2 bridgehead atoms. The minimum absolute atomic E-state index is 0.237. The Morgan fingerprint density at radius 1 is 1.26 bits per heavy atom. The van der Waals surface area contributed by atoms with Crippen molar-refractivity contribution >= 4 is 5.97 Å². The van der Waals surface area contributed by atoms with Gasteiger partial charge < -0.3 is 9.84 Å². The van der Waals surface area contributed by atoms with E-state index in [1.807, 2.05) is 12.1 Å². The molecule has 19 heavy (non-hydrogen) atoms. The number of carboxylic acid groups (broad SMARTS) is 1. The third kappa shape index (κ3) is 2.14. The van der Waals surface area contributed by atoms with E-state index in [4.69, 9.17) is 9.84 Å². The molecule has 1 aromatic rings. The number of benzene rings is 1. The molecule has 2 aliphatic rings. The Morgan fingerprint density at radius 3 is 2.58 bits per heavy atom. The molecule has 0 aromatic heterocycles. The van der Waals surface area contributed by atoms with Crippen molar-refractivity contribution in [3.05, 3.63) is 42.0 Å². The highest BCUT2D eigenvalue weighted by atomic mass is 16.5. The van der Waals surface area contributed by atoms with Crippen LogP contribution in [0.4, 0.5) is 0 Å². The molecule has 0 saturated heterocycles. The van der Waals surface area contributed by atoms with Crippen LogP contribution in [0.25, 0.3) is 0 Å². The van der Waals surface area contributed by atoms with Crippen LogP contribution in [0.2, 0.25) is 0 Å². The average molecular weight is 258 g/mol. The Kier molecular flexibility index (Phi) is 3.05. The van der Waals surface area contributed by atoms with Gasteiger partial charge in [-0.15, -0.1) is 0 Å². The van der Waals surface area contributed by atoms with Crippen molar-refractivity contribution < 1.29 is 14.6 Å². The van der Waals surface area contributed by atoms with Crippen LogP contribution in [0, 0.1) is 17.8 Å². The van der Waals surface area contributed by atoms with Gasteiger partial charge in [-0.2, -0.15) is 0 Å². The molecule has 0 aliphatic heterocycles. The number of aliphatic carboxylic acids is 1. The molecular formula is C16H18O3. The Bertz CT molecular complexity index is 503. The number of fused-ring (bicyclic) bond motifs is 2. The first-order valence-electron chi connectivity index (χ1n) is 6.73. The molecule has 2 aliphatic carbocycles.